The van der Waals surface area contributed by atoms with Crippen molar-refractivity contribution in [2.24, 2.45) is 11.8 Å². The summed E-state index contributed by atoms with van der Waals surface area (Å²) in [5.41, 5.74) is 0. The van der Waals surface area contributed by atoms with Crippen LogP contribution in [0.15, 0.2) is 0 Å². The molecule has 0 aromatic rings. The van der Waals surface area contributed by atoms with Gasteiger partial charge in [-0.15, -0.1) is 0 Å². The number of carbonyl (C=O) groups is 3. The van der Waals surface area contributed by atoms with Crippen LogP contribution >= 0.6 is 0 Å². The number of rotatable bonds is 13. The van der Waals surface area contributed by atoms with Crippen LogP contribution < -0.4 is 27.7 Å². The van der Waals surface area contributed by atoms with Crippen molar-refractivity contribution >= 4 is 38.0 Å². The minimum absolute atomic E-state index is 0.114. The smallest absolute Gasteiger partial charge is 0.284 e. The van der Waals surface area contributed by atoms with Gasteiger partial charge in [0, 0.05) is 26.4 Å². The summed E-state index contributed by atoms with van der Waals surface area (Å²) in [5, 5.41) is 6.86. The molecule has 0 rings (SSSR count). The Hall–Kier alpha value is -1.85. The van der Waals surface area contributed by atoms with Gasteiger partial charge in [0.1, 0.15) is 6.04 Å². The second-order valence-electron chi connectivity index (χ2n) is 5.15. The van der Waals surface area contributed by atoms with Crippen LogP contribution in [0.2, 0.25) is 0 Å². The average molecular weight is 433 g/mol. The third kappa shape index (κ3) is 12.2. The molecule has 3 amide bonds. The Morgan fingerprint density at radius 2 is 1.41 bits per heavy atom. The van der Waals surface area contributed by atoms with E-state index in [0.717, 1.165) is 6.92 Å². The maximum Gasteiger partial charge on any atom is 0.284 e. The fourth-order valence-electron chi connectivity index (χ4n) is 1.71. The van der Waals surface area contributed by atoms with Gasteiger partial charge < -0.3 is 16.0 Å². The Kier molecular flexibility index (Phi) is 11.0. The molecule has 0 aromatic heterocycles. The largest absolute Gasteiger partial charge is 0.355 e. The van der Waals surface area contributed by atoms with Crippen molar-refractivity contribution in [3.05, 3.63) is 0 Å². The zero-order valence-electron chi connectivity index (χ0n) is 14.5. The van der Waals surface area contributed by atoms with Gasteiger partial charge in [0.15, 0.2) is 0 Å². The molecule has 0 aliphatic carbocycles. The number of amides is 3. The lowest BCUT2D eigenvalue weighted by Crippen LogP contribution is -2.47. The van der Waals surface area contributed by atoms with Gasteiger partial charge in [-0.2, -0.15) is 37.2 Å². The van der Waals surface area contributed by atoms with Crippen LogP contribution in [-0.2, 0) is 43.2 Å². The van der Waals surface area contributed by atoms with Gasteiger partial charge in [-0.1, -0.05) is 0 Å². The second-order valence-corrected chi connectivity index (χ2v) is 8.58. The topological polar surface area (TPSA) is 226 Å². The van der Waals surface area contributed by atoms with Crippen LogP contribution in [0, 0.1) is 0 Å². The number of hydrogen-bond donors (Lipinski definition) is 5. The summed E-state index contributed by atoms with van der Waals surface area (Å²) in [6.07, 6.45) is -0.330. The van der Waals surface area contributed by atoms with E-state index in [4.69, 9.17) is 0 Å². The molecule has 0 saturated heterocycles. The Balaban J connectivity index is 4.49. The number of nitrogens with two attached hydrogens (primary N) is 2. The quantitative estimate of drug-likeness (QED) is 0.175. The standard InChI is InChI=1S/C11H23N5O9S2/c1-8(17)16-9(11(19)15-5-7-27(22,23)25-13)2-3-10(18)14-4-6-26(20,21)24-12/h9H,2-7,12-13H2,1H3,(H,14,18)(H,15,19)(H,16,17)/t9-/m0/s1. The molecule has 0 unspecified atom stereocenters. The summed E-state index contributed by atoms with van der Waals surface area (Å²) >= 11 is 0. The Bertz CT molecular complexity index is 723. The summed E-state index contributed by atoms with van der Waals surface area (Å²) in [6.45, 7) is 0.578. The highest BCUT2D eigenvalue weighted by Gasteiger charge is 2.21. The van der Waals surface area contributed by atoms with E-state index >= 15 is 0 Å². The third-order valence-corrected chi connectivity index (χ3v) is 4.97. The molecule has 158 valence electrons. The summed E-state index contributed by atoms with van der Waals surface area (Å²) in [7, 11) is -7.90. The molecule has 0 saturated carbocycles. The number of carbonyl (C=O) groups excluding carboxylic acids is 3. The molecule has 0 aliphatic rings. The number of nitrogens with one attached hydrogen (secondary N) is 3. The first kappa shape index (κ1) is 25.1. The van der Waals surface area contributed by atoms with Crippen LogP contribution in [-0.4, -0.2) is 65.2 Å². The van der Waals surface area contributed by atoms with Crippen molar-refractivity contribution in [2.75, 3.05) is 24.6 Å². The zero-order valence-corrected chi connectivity index (χ0v) is 16.1. The van der Waals surface area contributed by atoms with Crippen molar-refractivity contribution in [1.82, 2.24) is 16.0 Å². The molecule has 0 spiro atoms. The first-order valence-electron chi connectivity index (χ1n) is 7.46. The number of hydrogen-bond acceptors (Lipinski definition) is 11. The molecular weight excluding hydrogens is 410 g/mol. The van der Waals surface area contributed by atoms with E-state index in [2.05, 4.69) is 36.3 Å². The zero-order chi connectivity index (χ0) is 21.1. The Labute approximate surface area is 156 Å². The van der Waals surface area contributed by atoms with Crippen LogP contribution in [0.4, 0.5) is 0 Å². The Morgan fingerprint density at radius 3 is 1.85 bits per heavy atom. The monoisotopic (exact) mass is 433 g/mol. The second kappa shape index (κ2) is 11.8. The van der Waals surface area contributed by atoms with Gasteiger partial charge in [0.2, 0.25) is 17.7 Å². The molecule has 16 heteroatoms. The van der Waals surface area contributed by atoms with Crippen molar-refractivity contribution in [3.63, 3.8) is 0 Å². The maximum absolute atomic E-state index is 12.0. The van der Waals surface area contributed by atoms with Gasteiger partial charge in [-0.25, -0.2) is 0 Å². The van der Waals surface area contributed by atoms with E-state index in [1.54, 1.807) is 0 Å². The molecule has 27 heavy (non-hydrogen) atoms. The molecule has 0 aliphatic heterocycles. The SMILES string of the molecule is CC(=O)N[C@@H](CCC(=O)NCCS(=O)(=O)ON)C(=O)NCCS(=O)(=O)ON. The van der Waals surface area contributed by atoms with Crippen molar-refractivity contribution < 1.29 is 39.8 Å². The van der Waals surface area contributed by atoms with Crippen LogP contribution in [0.3, 0.4) is 0 Å². The van der Waals surface area contributed by atoms with E-state index in [0.29, 0.717) is 0 Å². The molecule has 14 nitrogen and oxygen atoms in total. The van der Waals surface area contributed by atoms with E-state index in [1.807, 2.05) is 0 Å². The van der Waals surface area contributed by atoms with E-state index in [-0.39, 0.29) is 25.9 Å². The lowest BCUT2D eigenvalue weighted by molar-refractivity contribution is -0.128. The van der Waals surface area contributed by atoms with E-state index in [1.165, 1.54) is 0 Å². The molecular formula is C11H23N5O9S2. The first-order chi connectivity index (χ1) is 12.4. The molecule has 0 bridgehead atoms. The minimum atomic E-state index is -3.97. The van der Waals surface area contributed by atoms with Crippen molar-refractivity contribution in [1.29, 1.82) is 0 Å². The minimum Gasteiger partial charge on any atom is -0.355 e. The van der Waals surface area contributed by atoms with Gasteiger partial charge in [-0.05, 0) is 6.42 Å². The molecule has 0 aromatic carbocycles. The molecule has 1 atom stereocenters. The summed E-state index contributed by atoms with van der Waals surface area (Å²) in [4.78, 5) is 34.9. The Morgan fingerprint density at radius 1 is 0.926 bits per heavy atom. The molecule has 0 fully saturated rings. The normalized spacial score (nSPS) is 12.9. The van der Waals surface area contributed by atoms with Crippen LogP contribution in [0.25, 0.3) is 0 Å². The lowest BCUT2D eigenvalue weighted by atomic mass is 10.1. The van der Waals surface area contributed by atoms with E-state index < -0.39 is 55.5 Å². The predicted octanol–water partition coefficient (Wildman–Crippen LogP) is -4.06. The molecule has 7 N–H and O–H groups in total. The van der Waals surface area contributed by atoms with Gasteiger partial charge in [0.25, 0.3) is 20.2 Å². The van der Waals surface area contributed by atoms with Gasteiger partial charge in [0.05, 0.1) is 11.5 Å². The summed E-state index contributed by atoms with van der Waals surface area (Å²) in [5.74, 6) is 6.13. The fourth-order valence-corrected chi connectivity index (χ4v) is 2.61. The maximum atomic E-state index is 12.0. The molecule has 0 heterocycles. The van der Waals surface area contributed by atoms with E-state index in [9.17, 15) is 31.2 Å². The third-order valence-electron chi connectivity index (χ3n) is 2.97. The fraction of sp³-hybridized carbons (Fsp3) is 0.727. The predicted molar refractivity (Wildman–Crippen MR) is 91.0 cm³/mol. The van der Waals surface area contributed by atoms with Crippen molar-refractivity contribution in [3.8, 4) is 0 Å². The summed E-state index contributed by atoms with van der Waals surface area (Å²) in [6, 6.07) is -1.11. The van der Waals surface area contributed by atoms with Gasteiger partial charge in [-0.3, -0.25) is 14.4 Å². The lowest BCUT2D eigenvalue weighted by Gasteiger charge is -2.17. The van der Waals surface area contributed by atoms with Crippen molar-refractivity contribution in [2.45, 2.75) is 25.8 Å². The average Bonchev–Trinajstić information content (AvgIpc) is 2.57. The highest BCUT2D eigenvalue weighted by Crippen LogP contribution is 1.99. The van der Waals surface area contributed by atoms with Crippen LogP contribution in [0.5, 0.6) is 0 Å². The van der Waals surface area contributed by atoms with Gasteiger partial charge >= 0.3 is 0 Å². The summed E-state index contributed by atoms with van der Waals surface area (Å²) < 4.78 is 51.5. The highest BCUT2D eigenvalue weighted by molar-refractivity contribution is 7.86. The highest BCUT2D eigenvalue weighted by atomic mass is 32.2. The van der Waals surface area contributed by atoms with Crippen LogP contribution in [0.1, 0.15) is 19.8 Å². The first-order valence-corrected chi connectivity index (χ1v) is 10.6. The molecule has 0 radical (unpaired) electrons.